The minimum Gasteiger partial charge on any atom is -0.326 e. The van der Waals surface area contributed by atoms with Gasteiger partial charge in [0.15, 0.2) is 0 Å². The van der Waals surface area contributed by atoms with Gasteiger partial charge in [-0.25, -0.2) is 0 Å². The van der Waals surface area contributed by atoms with Gasteiger partial charge in [0.05, 0.1) is 11.2 Å². The highest BCUT2D eigenvalue weighted by Gasteiger charge is 2.19. The number of alkyl halides is 1. The number of carbonyl (C=O) groups excluding carboxylic acids is 1. The molecule has 1 aromatic carbocycles. The number of halogens is 1. The molecule has 17 heavy (non-hydrogen) atoms. The van der Waals surface area contributed by atoms with Crippen molar-refractivity contribution in [2.75, 3.05) is 5.32 Å². The number of fused-ring (bicyclic) bond motifs is 1. The highest BCUT2D eigenvalue weighted by Crippen LogP contribution is 2.35. The van der Waals surface area contributed by atoms with Crippen molar-refractivity contribution in [2.45, 2.75) is 11.2 Å². The zero-order valence-electron chi connectivity index (χ0n) is 8.94. The van der Waals surface area contributed by atoms with E-state index >= 15 is 0 Å². The van der Waals surface area contributed by atoms with Gasteiger partial charge >= 0.3 is 0 Å². The minimum atomic E-state index is 0.0822. The predicted molar refractivity (Wildman–Crippen MR) is 73.9 cm³/mol. The van der Waals surface area contributed by atoms with E-state index in [1.54, 1.807) is 11.3 Å². The molecule has 0 fully saturated rings. The van der Waals surface area contributed by atoms with Crippen LogP contribution in [0.4, 0.5) is 5.69 Å². The van der Waals surface area contributed by atoms with Crippen molar-refractivity contribution in [2.24, 2.45) is 0 Å². The van der Waals surface area contributed by atoms with Gasteiger partial charge in [-0.1, -0.05) is 28.1 Å². The lowest BCUT2D eigenvalue weighted by Gasteiger charge is -2.10. The standard InChI is InChI=1S/C13H10BrNOS/c14-13(9-3-4-17-7-9)8-1-2-11-10(5-8)6-12(16)15-11/h1-5,7,13H,6H2,(H,15,16). The lowest BCUT2D eigenvalue weighted by atomic mass is 10.0. The molecular weight excluding hydrogens is 298 g/mol. The number of nitrogens with one attached hydrogen (secondary N) is 1. The van der Waals surface area contributed by atoms with Crippen molar-refractivity contribution < 1.29 is 4.79 Å². The Kier molecular flexibility index (Phi) is 2.76. The molecule has 0 saturated carbocycles. The van der Waals surface area contributed by atoms with Crippen LogP contribution in [-0.2, 0) is 11.2 Å². The molecule has 1 N–H and O–H groups in total. The SMILES string of the molecule is O=C1Cc2cc(C(Br)c3ccsc3)ccc2N1. The van der Waals surface area contributed by atoms with Crippen LogP contribution >= 0.6 is 27.3 Å². The summed E-state index contributed by atoms with van der Waals surface area (Å²) < 4.78 is 0. The van der Waals surface area contributed by atoms with E-state index in [0.29, 0.717) is 6.42 Å². The monoisotopic (exact) mass is 307 g/mol. The van der Waals surface area contributed by atoms with Gasteiger partial charge in [-0.15, -0.1) is 0 Å². The van der Waals surface area contributed by atoms with E-state index in [1.807, 2.05) is 6.07 Å². The van der Waals surface area contributed by atoms with Crippen molar-refractivity contribution in [1.82, 2.24) is 0 Å². The van der Waals surface area contributed by atoms with Gasteiger partial charge in [-0.2, -0.15) is 11.3 Å². The first-order valence-corrected chi connectivity index (χ1v) is 7.19. The molecule has 3 rings (SSSR count). The molecule has 86 valence electrons. The summed E-state index contributed by atoms with van der Waals surface area (Å²) in [6.45, 7) is 0. The summed E-state index contributed by atoms with van der Waals surface area (Å²) in [4.78, 5) is 11.5. The van der Waals surface area contributed by atoms with Crippen LogP contribution in [0.15, 0.2) is 35.0 Å². The van der Waals surface area contributed by atoms with Crippen LogP contribution < -0.4 is 5.32 Å². The van der Waals surface area contributed by atoms with Crippen LogP contribution in [0.1, 0.15) is 21.5 Å². The Morgan fingerprint density at radius 1 is 1.29 bits per heavy atom. The normalized spacial score (nSPS) is 15.5. The first-order chi connectivity index (χ1) is 8.24. The molecule has 4 heteroatoms. The number of amides is 1. The van der Waals surface area contributed by atoms with E-state index in [9.17, 15) is 4.79 Å². The molecule has 1 aromatic heterocycles. The van der Waals surface area contributed by atoms with Gasteiger partial charge in [-0.05, 0) is 39.6 Å². The van der Waals surface area contributed by atoms with Crippen LogP contribution in [0, 0.1) is 0 Å². The molecule has 1 amide bonds. The van der Waals surface area contributed by atoms with Crippen LogP contribution in [-0.4, -0.2) is 5.91 Å². The topological polar surface area (TPSA) is 29.1 Å². The van der Waals surface area contributed by atoms with E-state index in [0.717, 1.165) is 11.3 Å². The van der Waals surface area contributed by atoms with Gasteiger partial charge in [0, 0.05) is 5.69 Å². The Bertz CT molecular complexity index is 565. The number of rotatable bonds is 2. The van der Waals surface area contributed by atoms with E-state index in [1.165, 1.54) is 11.1 Å². The molecule has 1 aliphatic heterocycles. The third-order valence-electron chi connectivity index (χ3n) is 2.88. The fourth-order valence-electron chi connectivity index (χ4n) is 2.02. The maximum absolute atomic E-state index is 11.3. The largest absolute Gasteiger partial charge is 0.326 e. The smallest absolute Gasteiger partial charge is 0.228 e. The summed E-state index contributed by atoms with van der Waals surface area (Å²) in [6, 6.07) is 8.25. The van der Waals surface area contributed by atoms with E-state index in [-0.39, 0.29) is 10.7 Å². The number of carbonyl (C=O) groups is 1. The molecule has 0 saturated heterocycles. The zero-order chi connectivity index (χ0) is 11.8. The van der Waals surface area contributed by atoms with Crippen molar-refractivity contribution in [3.05, 3.63) is 51.7 Å². The average Bonchev–Trinajstić information content (AvgIpc) is 2.94. The summed E-state index contributed by atoms with van der Waals surface area (Å²) in [5, 5.41) is 7.05. The predicted octanol–water partition coefficient (Wildman–Crippen LogP) is 3.73. The number of anilines is 1. The van der Waals surface area contributed by atoms with Crippen LogP contribution in [0.2, 0.25) is 0 Å². The number of hydrogen-bond donors (Lipinski definition) is 1. The van der Waals surface area contributed by atoms with Crippen LogP contribution in [0.3, 0.4) is 0 Å². The number of hydrogen-bond acceptors (Lipinski definition) is 2. The Hall–Kier alpha value is -1.13. The fraction of sp³-hybridized carbons (Fsp3) is 0.154. The highest BCUT2D eigenvalue weighted by atomic mass is 79.9. The lowest BCUT2D eigenvalue weighted by molar-refractivity contribution is -0.115. The third kappa shape index (κ3) is 2.03. The lowest BCUT2D eigenvalue weighted by Crippen LogP contribution is -2.03. The Labute approximate surface area is 112 Å². The van der Waals surface area contributed by atoms with Crippen molar-refractivity contribution in [1.29, 1.82) is 0 Å². The summed E-state index contributed by atoms with van der Waals surface area (Å²) in [7, 11) is 0. The van der Waals surface area contributed by atoms with Crippen molar-refractivity contribution in [3.63, 3.8) is 0 Å². The first kappa shape index (κ1) is 11.0. The zero-order valence-corrected chi connectivity index (χ0v) is 11.3. The summed E-state index contributed by atoms with van der Waals surface area (Å²) in [5.74, 6) is 0.0822. The van der Waals surface area contributed by atoms with Gasteiger partial charge < -0.3 is 5.32 Å². The van der Waals surface area contributed by atoms with E-state index in [2.05, 4.69) is 50.2 Å². The average molecular weight is 308 g/mol. The Morgan fingerprint density at radius 3 is 2.94 bits per heavy atom. The molecule has 0 bridgehead atoms. The second-order valence-electron chi connectivity index (χ2n) is 4.06. The first-order valence-electron chi connectivity index (χ1n) is 5.33. The molecule has 0 radical (unpaired) electrons. The molecule has 2 nitrogen and oxygen atoms in total. The molecule has 2 aromatic rings. The third-order valence-corrected chi connectivity index (χ3v) is 4.64. The van der Waals surface area contributed by atoms with Gasteiger partial charge in [0.25, 0.3) is 0 Å². The number of benzene rings is 1. The second kappa shape index (κ2) is 4.27. The molecule has 0 spiro atoms. The van der Waals surface area contributed by atoms with Gasteiger partial charge in [-0.3, -0.25) is 4.79 Å². The molecule has 1 aliphatic rings. The maximum atomic E-state index is 11.3. The molecule has 2 heterocycles. The van der Waals surface area contributed by atoms with Crippen molar-refractivity contribution in [3.8, 4) is 0 Å². The Balaban J connectivity index is 1.95. The minimum absolute atomic E-state index is 0.0822. The summed E-state index contributed by atoms with van der Waals surface area (Å²) in [6.07, 6.45) is 0.493. The summed E-state index contributed by atoms with van der Waals surface area (Å²) >= 11 is 5.39. The summed E-state index contributed by atoms with van der Waals surface area (Å²) in [5.41, 5.74) is 4.49. The van der Waals surface area contributed by atoms with Crippen LogP contribution in [0.25, 0.3) is 0 Å². The van der Waals surface area contributed by atoms with Crippen LogP contribution in [0.5, 0.6) is 0 Å². The fourth-order valence-corrected chi connectivity index (χ4v) is 3.45. The maximum Gasteiger partial charge on any atom is 0.228 e. The van der Waals surface area contributed by atoms with E-state index in [4.69, 9.17) is 0 Å². The molecule has 0 aliphatic carbocycles. The van der Waals surface area contributed by atoms with Gasteiger partial charge in [0.2, 0.25) is 5.91 Å². The van der Waals surface area contributed by atoms with E-state index < -0.39 is 0 Å². The number of thiophene rings is 1. The Morgan fingerprint density at radius 2 is 2.18 bits per heavy atom. The van der Waals surface area contributed by atoms with Crippen molar-refractivity contribution >= 4 is 38.9 Å². The molecular formula is C13H10BrNOS. The van der Waals surface area contributed by atoms with Gasteiger partial charge in [0.1, 0.15) is 0 Å². The highest BCUT2D eigenvalue weighted by molar-refractivity contribution is 9.09. The molecule has 1 atom stereocenters. The second-order valence-corrected chi connectivity index (χ2v) is 5.76. The molecule has 1 unspecified atom stereocenters. The quantitative estimate of drug-likeness (QED) is 0.842.